The molecule has 0 aliphatic carbocycles. The van der Waals surface area contributed by atoms with Gasteiger partial charge < -0.3 is 31.6 Å². The molecule has 5 rings (SSSR count). The molecule has 0 spiro atoms. The van der Waals surface area contributed by atoms with Crippen LogP contribution in [0.4, 0.5) is 0 Å². The van der Waals surface area contributed by atoms with Gasteiger partial charge in [0, 0.05) is 37.2 Å². The highest BCUT2D eigenvalue weighted by molar-refractivity contribution is 6.09. The first-order valence-corrected chi connectivity index (χ1v) is 11.8. The van der Waals surface area contributed by atoms with Crippen LogP contribution in [0.3, 0.4) is 0 Å². The maximum Gasteiger partial charge on any atom is 0.267 e. The summed E-state index contributed by atoms with van der Waals surface area (Å²) in [6.07, 6.45) is -0.405. The van der Waals surface area contributed by atoms with E-state index in [0.717, 1.165) is 38.4 Å². The average Bonchev–Trinajstić information content (AvgIpc) is 3.21. The van der Waals surface area contributed by atoms with Crippen LogP contribution in [-0.2, 0) is 34.0 Å². The molecule has 0 bridgehead atoms. The number of nitrogens with two attached hydrogens (primary N) is 3. The topological polar surface area (TPSA) is 166 Å². The van der Waals surface area contributed by atoms with Crippen LogP contribution in [0, 0.1) is 0 Å². The first kappa shape index (κ1) is 24.3. The van der Waals surface area contributed by atoms with Gasteiger partial charge in [0.15, 0.2) is 5.66 Å². The van der Waals surface area contributed by atoms with Gasteiger partial charge in [-0.05, 0) is 23.3 Å². The summed E-state index contributed by atoms with van der Waals surface area (Å²) < 4.78 is 11.5. The Bertz CT molecular complexity index is 1190. The summed E-state index contributed by atoms with van der Waals surface area (Å²) in [5.74, 6) is -1.59. The van der Waals surface area contributed by atoms with Gasteiger partial charge in [0.1, 0.15) is 18.0 Å². The third-order valence-corrected chi connectivity index (χ3v) is 6.94. The van der Waals surface area contributed by atoms with E-state index in [1.54, 1.807) is 18.2 Å². The Hall–Kier alpha value is -3.35. The lowest BCUT2D eigenvalue weighted by molar-refractivity contribution is -0.147. The second-order valence-corrected chi connectivity index (χ2v) is 9.59. The van der Waals surface area contributed by atoms with Crippen LogP contribution in [0.2, 0.25) is 0 Å². The van der Waals surface area contributed by atoms with Crippen LogP contribution in [0.1, 0.15) is 33.5 Å². The number of carbonyl (C=O) groups is 3. The van der Waals surface area contributed by atoms with Crippen molar-refractivity contribution in [1.29, 1.82) is 0 Å². The molecule has 0 saturated carbocycles. The van der Waals surface area contributed by atoms with Crippen molar-refractivity contribution >= 4 is 17.7 Å². The van der Waals surface area contributed by atoms with E-state index >= 15 is 0 Å². The summed E-state index contributed by atoms with van der Waals surface area (Å²) >= 11 is 0. The minimum Gasteiger partial charge on any atom is -0.489 e. The molecule has 1 atom stereocenters. The standard InChI is InChI=1S/C25H30N6O5/c26-24(27)15-25(28,23(34)29-22(24)33)31-13-19-18(21(31)32)2-1-3-20(19)36-14-17-6-4-16(5-7-17)12-30-8-10-35-11-9-30/h1-7H,8-15,26-28H2,(H,29,33,34). The molecule has 2 aromatic carbocycles. The van der Waals surface area contributed by atoms with Crippen molar-refractivity contribution in [1.82, 2.24) is 15.1 Å². The van der Waals surface area contributed by atoms with Gasteiger partial charge >= 0.3 is 0 Å². The van der Waals surface area contributed by atoms with Crippen molar-refractivity contribution in [2.45, 2.75) is 37.4 Å². The fourth-order valence-electron chi connectivity index (χ4n) is 4.83. The van der Waals surface area contributed by atoms with Crippen molar-refractivity contribution < 1.29 is 23.9 Å². The summed E-state index contributed by atoms with van der Waals surface area (Å²) in [5.41, 5.74) is 17.5. The van der Waals surface area contributed by atoms with E-state index in [1.165, 1.54) is 10.5 Å². The quantitative estimate of drug-likeness (QED) is 0.302. The molecule has 0 aromatic heterocycles. The molecule has 2 saturated heterocycles. The molecule has 2 fully saturated rings. The molecule has 3 amide bonds. The second kappa shape index (κ2) is 9.26. The van der Waals surface area contributed by atoms with E-state index in [1.807, 2.05) is 12.1 Å². The summed E-state index contributed by atoms with van der Waals surface area (Å²) in [6, 6.07) is 13.4. The lowest BCUT2D eigenvalue weighted by Crippen LogP contribution is -2.79. The summed E-state index contributed by atoms with van der Waals surface area (Å²) in [6.45, 7) is 4.60. The lowest BCUT2D eigenvalue weighted by Gasteiger charge is -2.44. The van der Waals surface area contributed by atoms with E-state index in [-0.39, 0.29) is 6.54 Å². The van der Waals surface area contributed by atoms with Gasteiger partial charge in [-0.2, -0.15) is 0 Å². The Morgan fingerprint density at radius 1 is 0.944 bits per heavy atom. The largest absolute Gasteiger partial charge is 0.489 e. The van der Waals surface area contributed by atoms with Crippen molar-refractivity contribution in [2.75, 3.05) is 26.3 Å². The predicted molar refractivity (Wildman–Crippen MR) is 129 cm³/mol. The molecule has 3 aliphatic heterocycles. The van der Waals surface area contributed by atoms with E-state index in [0.29, 0.717) is 23.5 Å². The molecule has 2 aromatic rings. The SMILES string of the molecule is NC1(N)CC(N)(N2Cc3c(OCc4ccc(CN5CCOCC5)cc4)cccc3C2=O)C(=O)NC1=O. The Morgan fingerprint density at radius 3 is 2.36 bits per heavy atom. The highest BCUT2D eigenvalue weighted by Gasteiger charge is 2.56. The maximum absolute atomic E-state index is 13.2. The van der Waals surface area contributed by atoms with Crippen molar-refractivity contribution in [3.8, 4) is 5.75 Å². The highest BCUT2D eigenvalue weighted by atomic mass is 16.5. The number of ether oxygens (including phenoxy) is 2. The number of nitrogens with one attached hydrogen (secondary N) is 1. The van der Waals surface area contributed by atoms with Crippen molar-refractivity contribution in [3.63, 3.8) is 0 Å². The minimum atomic E-state index is -1.88. The molecule has 11 heteroatoms. The normalized spacial score (nSPS) is 24.0. The highest BCUT2D eigenvalue weighted by Crippen LogP contribution is 2.36. The summed E-state index contributed by atoms with van der Waals surface area (Å²) in [5, 5.41) is 2.09. The number of rotatable bonds is 6. The smallest absolute Gasteiger partial charge is 0.267 e. The van der Waals surface area contributed by atoms with Gasteiger partial charge in [-0.25, -0.2) is 0 Å². The van der Waals surface area contributed by atoms with Gasteiger partial charge in [0.05, 0.1) is 19.8 Å². The molecule has 0 radical (unpaired) electrons. The molecule has 36 heavy (non-hydrogen) atoms. The van der Waals surface area contributed by atoms with Gasteiger partial charge in [-0.3, -0.25) is 24.6 Å². The molecule has 11 nitrogen and oxygen atoms in total. The third-order valence-electron chi connectivity index (χ3n) is 6.94. The van der Waals surface area contributed by atoms with Crippen LogP contribution in [0.5, 0.6) is 5.75 Å². The molecule has 3 aliphatic rings. The van der Waals surface area contributed by atoms with E-state index in [2.05, 4.69) is 22.3 Å². The van der Waals surface area contributed by atoms with Crippen LogP contribution in [-0.4, -0.2) is 65.2 Å². The van der Waals surface area contributed by atoms with Gasteiger partial charge in [-0.1, -0.05) is 30.3 Å². The molecule has 3 heterocycles. The van der Waals surface area contributed by atoms with E-state index < -0.39 is 35.5 Å². The number of hydrogen-bond acceptors (Lipinski definition) is 9. The Morgan fingerprint density at radius 2 is 1.64 bits per heavy atom. The third kappa shape index (κ3) is 4.47. The number of nitrogens with zero attached hydrogens (tertiary/aromatic N) is 2. The maximum atomic E-state index is 13.2. The monoisotopic (exact) mass is 494 g/mol. The first-order valence-electron chi connectivity index (χ1n) is 11.8. The van der Waals surface area contributed by atoms with Gasteiger partial charge in [0.25, 0.3) is 17.7 Å². The van der Waals surface area contributed by atoms with Crippen molar-refractivity contribution in [2.24, 2.45) is 17.2 Å². The molecule has 1 unspecified atom stereocenters. The molecule has 190 valence electrons. The van der Waals surface area contributed by atoms with Crippen LogP contribution < -0.4 is 27.3 Å². The molecular formula is C25H30N6O5. The number of imide groups is 1. The zero-order chi connectivity index (χ0) is 25.5. The average molecular weight is 495 g/mol. The van der Waals surface area contributed by atoms with Crippen LogP contribution in [0.25, 0.3) is 0 Å². The molecule has 7 N–H and O–H groups in total. The number of benzene rings is 2. The Balaban J connectivity index is 1.28. The number of piperidine rings is 1. The number of hydrogen-bond donors (Lipinski definition) is 4. The lowest BCUT2D eigenvalue weighted by atomic mass is 9.89. The number of fused-ring (bicyclic) bond motifs is 1. The fourth-order valence-corrected chi connectivity index (χ4v) is 4.83. The number of morpholine rings is 1. The van der Waals surface area contributed by atoms with Crippen LogP contribution in [0.15, 0.2) is 42.5 Å². The number of carbonyl (C=O) groups excluding carboxylic acids is 3. The van der Waals surface area contributed by atoms with Gasteiger partial charge in [0.2, 0.25) is 0 Å². The van der Waals surface area contributed by atoms with Crippen molar-refractivity contribution in [3.05, 3.63) is 64.7 Å². The summed E-state index contributed by atoms with van der Waals surface area (Å²) in [7, 11) is 0. The van der Waals surface area contributed by atoms with E-state index in [4.69, 9.17) is 26.7 Å². The number of amides is 3. The second-order valence-electron chi connectivity index (χ2n) is 9.59. The zero-order valence-corrected chi connectivity index (χ0v) is 19.9. The summed E-state index contributed by atoms with van der Waals surface area (Å²) in [4.78, 5) is 41.4. The van der Waals surface area contributed by atoms with Gasteiger partial charge in [-0.15, -0.1) is 0 Å². The molecular weight excluding hydrogens is 464 g/mol. The zero-order valence-electron chi connectivity index (χ0n) is 19.9. The predicted octanol–water partition coefficient (Wildman–Crippen LogP) is -0.631. The fraction of sp³-hybridized carbons (Fsp3) is 0.400. The van der Waals surface area contributed by atoms with E-state index in [9.17, 15) is 14.4 Å². The van der Waals surface area contributed by atoms with Crippen LogP contribution >= 0.6 is 0 Å². The first-order chi connectivity index (χ1) is 17.2. The Labute approximate surface area is 208 Å². The minimum absolute atomic E-state index is 0.0248. The Kier molecular flexibility index (Phi) is 6.27.